The first-order chi connectivity index (χ1) is 12.1. The summed E-state index contributed by atoms with van der Waals surface area (Å²) >= 11 is 1.38. The van der Waals surface area contributed by atoms with E-state index in [1.54, 1.807) is 36.7 Å². The van der Waals surface area contributed by atoms with E-state index in [-0.39, 0.29) is 22.7 Å². The fourth-order valence-electron chi connectivity index (χ4n) is 2.86. The molecule has 0 radical (unpaired) electrons. The van der Waals surface area contributed by atoms with Crippen LogP contribution in [0.25, 0.3) is 5.95 Å². The molecule has 0 aliphatic carbocycles. The third kappa shape index (κ3) is 2.78. The lowest BCUT2D eigenvalue weighted by molar-refractivity contribution is -0.113. The number of aryl methyl sites for hydroxylation is 1. The molecule has 4 rings (SSSR count). The van der Waals surface area contributed by atoms with Gasteiger partial charge < -0.3 is 5.32 Å². The van der Waals surface area contributed by atoms with Crippen LogP contribution in [0.3, 0.4) is 0 Å². The smallest absolute Gasteiger partial charge is 0.252 e. The summed E-state index contributed by atoms with van der Waals surface area (Å²) < 4.78 is 15.9. The Hall–Kier alpha value is -2.74. The van der Waals surface area contributed by atoms with Crippen LogP contribution in [-0.4, -0.2) is 31.4 Å². The quantitative estimate of drug-likeness (QED) is 0.765. The van der Waals surface area contributed by atoms with Crippen molar-refractivity contribution in [1.29, 1.82) is 0 Å². The van der Waals surface area contributed by atoms with E-state index in [0.717, 1.165) is 5.56 Å². The minimum absolute atomic E-state index is 0.165. The van der Waals surface area contributed by atoms with Crippen molar-refractivity contribution in [1.82, 2.24) is 19.7 Å². The molecule has 1 N–H and O–H groups in total. The standard InChI is InChI=1S/C17H14FN5OS/c1-10-14-15(11-5-2-3-6-12(11)18)25-9-13(24)21-16(14)23(22-10)17-19-7-4-8-20-17/h2-8,15H,9H2,1H3,(H,21,24). The Balaban J connectivity index is 1.92. The van der Waals surface area contributed by atoms with Crippen molar-refractivity contribution in [2.24, 2.45) is 0 Å². The van der Waals surface area contributed by atoms with E-state index in [2.05, 4.69) is 20.4 Å². The van der Waals surface area contributed by atoms with E-state index >= 15 is 0 Å². The molecule has 2 aromatic heterocycles. The summed E-state index contributed by atoms with van der Waals surface area (Å²) in [6.07, 6.45) is 3.21. The van der Waals surface area contributed by atoms with E-state index in [1.807, 2.05) is 6.92 Å². The first kappa shape index (κ1) is 15.8. The number of anilines is 1. The Labute approximate surface area is 147 Å². The van der Waals surface area contributed by atoms with Crippen molar-refractivity contribution < 1.29 is 9.18 Å². The third-order valence-corrected chi connectivity index (χ3v) is 5.19. The number of carbonyl (C=O) groups is 1. The molecule has 0 saturated carbocycles. The van der Waals surface area contributed by atoms with Crippen LogP contribution in [0.1, 0.15) is 22.1 Å². The lowest BCUT2D eigenvalue weighted by Crippen LogP contribution is -2.16. The molecule has 3 heterocycles. The second kappa shape index (κ2) is 6.29. The maximum Gasteiger partial charge on any atom is 0.252 e. The van der Waals surface area contributed by atoms with Crippen molar-refractivity contribution in [2.45, 2.75) is 12.2 Å². The van der Waals surface area contributed by atoms with Crippen molar-refractivity contribution in [3.05, 3.63) is 65.4 Å². The molecule has 3 aromatic rings. The number of carbonyl (C=O) groups excluding carboxylic acids is 1. The summed E-state index contributed by atoms with van der Waals surface area (Å²) in [7, 11) is 0. The Kier molecular flexibility index (Phi) is 3.96. The van der Waals surface area contributed by atoms with E-state index in [1.165, 1.54) is 22.5 Å². The maximum atomic E-state index is 14.4. The number of hydrogen-bond acceptors (Lipinski definition) is 5. The summed E-state index contributed by atoms with van der Waals surface area (Å²) in [6.45, 7) is 1.84. The van der Waals surface area contributed by atoms with Crippen LogP contribution in [0.4, 0.5) is 10.2 Å². The zero-order chi connectivity index (χ0) is 17.4. The molecule has 1 atom stereocenters. The molecule has 1 unspecified atom stereocenters. The van der Waals surface area contributed by atoms with E-state index < -0.39 is 0 Å². The van der Waals surface area contributed by atoms with Crippen LogP contribution in [0.2, 0.25) is 0 Å². The monoisotopic (exact) mass is 355 g/mol. The van der Waals surface area contributed by atoms with Gasteiger partial charge in [-0.2, -0.15) is 9.78 Å². The minimum atomic E-state index is -0.340. The Morgan fingerprint density at radius 2 is 2.00 bits per heavy atom. The van der Waals surface area contributed by atoms with Crippen LogP contribution in [-0.2, 0) is 4.79 Å². The zero-order valence-corrected chi connectivity index (χ0v) is 14.1. The number of thioether (sulfide) groups is 1. The van der Waals surface area contributed by atoms with Crippen molar-refractivity contribution >= 4 is 23.5 Å². The van der Waals surface area contributed by atoms with Crippen molar-refractivity contribution in [3.8, 4) is 5.95 Å². The minimum Gasteiger partial charge on any atom is -0.309 e. The molecule has 126 valence electrons. The van der Waals surface area contributed by atoms with Crippen LogP contribution in [0.15, 0.2) is 42.7 Å². The maximum absolute atomic E-state index is 14.4. The van der Waals surface area contributed by atoms with Gasteiger partial charge >= 0.3 is 0 Å². The van der Waals surface area contributed by atoms with Gasteiger partial charge in [0.25, 0.3) is 5.95 Å². The highest BCUT2D eigenvalue weighted by Crippen LogP contribution is 2.44. The Morgan fingerprint density at radius 3 is 2.76 bits per heavy atom. The summed E-state index contributed by atoms with van der Waals surface area (Å²) in [6, 6.07) is 8.31. The van der Waals surface area contributed by atoms with Gasteiger partial charge in [-0.3, -0.25) is 4.79 Å². The number of halogens is 1. The number of nitrogens with zero attached hydrogens (tertiary/aromatic N) is 4. The number of amides is 1. The van der Waals surface area contributed by atoms with Crippen LogP contribution >= 0.6 is 11.8 Å². The van der Waals surface area contributed by atoms with Gasteiger partial charge in [0.05, 0.1) is 16.7 Å². The highest BCUT2D eigenvalue weighted by atomic mass is 32.2. The zero-order valence-electron chi connectivity index (χ0n) is 13.3. The third-order valence-electron chi connectivity index (χ3n) is 3.94. The topological polar surface area (TPSA) is 72.7 Å². The van der Waals surface area contributed by atoms with Gasteiger partial charge in [-0.15, -0.1) is 11.8 Å². The molecule has 1 aliphatic rings. The van der Waals surface area contributed by atoms with Gasteiger partial charge in [-0.05, 0) is 19.1 Å². The largest absolute Gasteiger partial charge is 0.309 e. The summed E-state index contributed by atoms with van der Waals surface area (Å²) in [5.41, 5.74) is 2.00. The average molecular weight is 355 g/mol. The SMILES string of the molecule is Cc1nn(-c2ncccn2)c2c1C(c1ccccc1F)SCC(=O)N2. The predicted molar refractivity (Wildman–Crippen MR) is 93.2 cm³/mol. The van der Waals surface area contributed by atoms with Crippen molar-refractivity contribution in [2.75, 3.05) is 11.1 Å². The second-order valence-corrected chi connectivity index (χ2v) is 6.66. The first-order valence-corrected chi connectivity index (χ1v) is 8.73. The molecule has 0 saturated heterocycles. The summed E-state index contributed by atoms with van der Waals surface area (Å²) in [5, 5.41) is 7.01. The van der Waals surface area contributed by atoms with Gasteiger partial charge in [0.1, 0.15) is 11.6 Å². The van der Waals surface area contributed by atoms with Gasteiger partial charge in [0.2, 0.25) is 5.91 Å². The molecule has 6 nitrogen and oxygen atoms in total. The van der Waals surface area contributed by atoms with Crippen molar-refractivity contribution in [3.63, 3.8) is 0 Å². The Morgan fingerprint density at radius 1 is 1.24 bits per heavy atom. The molecular weight excluding hydrogens is 341 g/mol. The highest BCUT2D eigenvalue weighted by Gasteiger charge is 2.32. The predicted octanol–water partition coefficient (Wildman–Crippen LogP) is 2.88. The molecule has 0 fully saturated rings. The van der Waals surface area contributed by atoms with Crippen LogP contribution in [0, 0.1) is 12.7 Å². The number of aromatic nitrogens is 4. The molecule has 0 spiro atoms. The number of rotatable bonds is 2. The normalized spacial score (nSPS) is 16.9. The molecule has 1 aliphatic heterocycles. The molecule has 8 heteroatoms. The fourth-order valence-corrected chi connectivity index (χ4v) is 4.07. The Bertz CT molecular complexity index is 943. The lowest BCUT2D eigenvalue weighted by Gasteiger charge is -2.15. The van der Waals surface area contributed by atoms with Gasteiger partial charge in [0.15, 0.2) is 0 Å². The number of fused-ring (bicyclic) bond motifs is 1. The van der Waals surface area contributed by atoms with Gasteiger partial charge in [-0.1, -0.05) is 18.2 Å². The second-order valence-electron chi connectivity index (χ2n) is 5.57. The molecule has 0 bridgehead atoms. The number of hydrogen-bond donors (Lipinski definition) is 1. The average Bonchev–Trinajstić information content (AvgIpc) is 2.83. The fraction of sp³-hybridized carbons (Fsp3) is 0.176. The van der Waals surface area contributed by atoms with E-state index in [4.69, 9.17) is 0 Å². The molecule has 1 aromatic carbocycles. The van der Waals surface area contributed by atoms with Crippen LogP contribution in [0.5, 0.6) is 0 Å². The lowest BCUT2D eigenvalue weighted by atomic mass is 10.0. The first-order valence-electron chi connectivity index (χ1n) is 7.68. The molecule has 1 amide bonds. The molecule has 25 heavy (non-hydrogen) atoms. The van der Waals surface area contributed by atoms with Gasteiger partial charge in [-0.25, -0.2) is 14.4 Å². The van der Waals surface area contributed by atoms with Crippen LogP contribution < -0.4 is 5.32 Å². The van der Waals surface area contributed by atoms with Gasteiger partial charge in [0, 0.05) is 23.5 Å². The highest BCUT2D eigenvalue weighted by molar-refractivity contribution is 8.00. The number of nitrogens with one attached hydrogen (secondary N) is 1. The summed E-state index contributed by atoms with van der Waals surface area (Å²) in [5.74, 6) is 0.604. The molecular formula is C17H14FN5OS. The number of benzene rings is 1. The van der Waals surface area contributed by atoms with E-state index in [0.29, 0.717) is 23.0 Å². The van der Waals surface area contributed by atoms with E-state index in [9.17, 15) is 9.18 Å². The summed E-state index contributed by atoms with van der Waals surface area (Å²) in [4.78, 5) is 20.6.